The molecule has 1 saturated carbocycles. The quantitative estimate of drug-likeness (QED) is 0.818. The van der Waals surface area contributed by atoms with Gasteiger partial charge in [0.15, 0.2) is 6.61 Å². The van der Waals surface area contributed by atoms with Crippen molar-refractivity contribution < 1.29 is 19.1 Å². The molecule has 5 heteroatoms. The SMILES string of the molecule is COc1ccc(CC(=O)OCC(=O)N[C@@H]2CCCC[C@H]2C)cc1. The average Bonchev–Trinajstić information content (AvgIpc) is 2.56. The van der Waals surface area contributed by atoms with Crippen molar-refractivity contribution in [3.63, 3.8) is 0 Å². The van der Waals surface area contributed by atoms with E-state index < -0.39 is 5.97 Å². The van der Waals surface area contributed by atoms with Gasteiger partial charge in [-0.1, -0.05) is 31.9 Å². The van der Waals surface area contributed by atoms with Gasteiger partial charge in [-0.05, 0) is 36.5 Å². The number of hydrogen-bond donors (Lipinski definition) is 1. The average molecular weight is 319 g/mol. The molecule has 0 heterocycles. The van der Waals surface area contributed by atoms with E-state index in [1.165, 1.54) is 6.42 Å². The van der Waals surface area contributed by atoms with E-state index in [-0.39, 0.29) is 25.0 Å². The number of hydrogen-bond acceptors (Lipinski definition) is 4. The Morgan fingerprint density at radius 3 is 2.52 bits per heavy atom. The minimum Gasteiger partial charge on any atom is -0.497 e. The molecule has 0 radical (unpaired) electrons. The van der Waals surface area contributed by atoms with Gasteiger partial charge >= 0.3 is 5.97 Å². The van der Waals surface area contributed by atoms with E-state index in [4.69, 9.17) is 9.47 Å². The zero-order valence-electron chi connectivity index (χ0n) is 13.8. The lowest BCUT2D eigenvalue weighted by Crippen LogP contribution is -2.42. The number of amides is 1. The van der Waals surface area contributed by atoms with Crippen LogP contribution in [0.5, 0.6) is 5.75 Å². The maximum atomic E-state index is 11.9. The monoisotopic (exact) mass is 319 g/mol. The van der Waals surface area contributed by atoms with Crippen molar-refractivity contribution in [2.75, 3.05) is 13.7 Å². The van der Waals surface area contributed by atoms with Crippen molar-refractivity contribution in [1.29, 1.82) is 0 Å². The second kappa shape index (κ2) is 8.56. The van der Waals surface area contributed by atoms with Crippen LogP contribution in [-0.4, -0.2) is 31.6 Å². The minimum absolute atomic E-state index is 0.150. The van der Waals surface area contributed by atoms with Gasteiger partial charge in [0.25, 0.3) is 5.91 Å². The minimum atomic E-state index is -0.401. The normalized spacial score (nSPS) is 20.6. The summed E-state index contributed by atoms with van der Waals surface area (Å²) in [5, 5.41) is 2.97. The van der Waals surface area contributed by atoms with Crippen LogP contribution >= 0.6 is 0 Å². The number of esters is 1. The molecule has 1 aromatic carbocycles. The van der Waals surface area contributed by atoms with E-state index in [9.17, 15) is 9.59 Å². The highest BCUT2D eigenvalue weighted by molar-refractivity contribution is 5.81. The van der Waals surface area contributed by atoms with E-state index in [0.717, 1.165) is 30.6 Å². The summed E-state index contributed by atoms with van der Waals surface area (Å²) in [6.07, 6.45) is 4.67. The fourth-order valence-electron chi connectivity index (χ4n) is 2.89. The molecule has 2 rings (SSSR count). The van der Waals surface area contributed by atoms with Crippen LogP contribution in [0.15, 0.2) is 24.3 Å². The van der Waals surface area contributed by atoms with E-state index in [2.05, 4.69) is 12.2 Å². The van der Waals surface area contributed by atoms with Crippen LogP contribution in [0.3, 0.4) is 0 Å². The number of carbonyl (C=O) groups excluding carboxylic acids is 2. The first-order chi connectivity index (χ1) is 11.1. The molecule has 1 aliphatic rings. The first kappa shape index (κ1) is 17.3. The summed E-state index contributed by atoms with van der Waals surface area (Å²) >= 11 is 0. The first-order valence-electron chi connectivity index (χ1n) is 8.16. The van der Waals surface area contributed by atoms with Gasteiger partial charge in [0.2, 0.25) is 0 Å². The Balaban J connectivity index is 1.71. The standard InChI is InChI=1S/C18H25NO4/c1-13-5-3-4-6-16(13)19-17(20)12-23-18(21)11-14-7-9-15(22-2)10-8-14/h7-10,13,16H,3-6,11-12H2,1-2H3,(H,19,20)/t13-,16-/m1/s1. The Kier molecular flexibility index (Phi) is 6.44. The zero-order valence-corrected chi connectivity index (χ0v) is 13.8. The van der Waals surface area contributed by atoms with Crippen molar-refractivity contribution in [3.8, 4) is 5.75 Å². The van der Waals surface area contributed by atoms with Crippen molar-refractivity contribution in [3.05, 3.63) is 29.8 Å². The summed E-state index contributed by atoms with van der Waals surface area (Å²) in [7, 11) is 1.59. The summed E-state index contributed by atoms with van der Waals surface area (Å²) in [6.45, 7) is 1.94. The second-order valence-corrected chi connectivity index (χ2v) is 6.12. The molecule has 1 fully saturated rings. The molecular formula is C18H25NO4. The summed E-state index contributed by atoms with van der Waals surface area (Å²) in [5.74, 6) is 0.611. The van der Waals surface area contributed by atoms with Crippen molar-refractivity contribution in [1.82, 2.24) is 5.32 Å². The maximum Gasteiger partial charge on any atom is 0.310 e. The molecule has 1 N–H and O–H groups in total. The van der Waals surface area contributed by atoms with E-state index in [1.54, 1.807) is 19.2 Å². The highest BCUT2D eigenvalue weighted by Gasteiger charge is 2.23. The Labute approximate surface area is 137 Å². The molecule has 23 heavy (non-hydrogen) atoms. The van der Waals surface area contributed by atoms with E-state index in [0.29, 0.717) is 5.92 Å². The molecule has 0 aliphatic heterocycles. The first-order valence-corrected chi connectivity index (χ1v) is 8.16. The Bertz CT molecular complexity index is 526. The largest absolute Gasteiger partial charge is 0.497 e. The Hall–Kier alpha value is -2.04. The molecule has 1 aromatic rings. The lowest BCUT2D eigenvalue weighted by atomic mass is 9.86. The van der Waals surface area contributed by atoms with Gasteiger partial charge in [0.1, 0.15) is 5.75 Å². The van der Waals surface area contributed by atoms with Crippen molar-refractivity contribution >= 4 is 11.9 Å². The number of benzene rings is 1. The van der Waals surface area contributed by atoms with Crippen LogP contribution in [0.1, 0.15) is 38.2 Å². The summed E-state index contributed by atoms with van der Waals surface area (Å²) in [5.41, 5.74) is 0.831. The number of ether oxygens (including phenoxy) is 2. The van der Waals surface area contributed by atoms with Gasteiger partial charge < -0.3 is 14.8 Å². The van der Waals surface area contributed by atoms with E-state index in [1.807, 2.05) is 12.1 Å². The molecule has 0 aromatic heterocycles. The highest BCUT2D eigenvalue weighted by Crippen LogP contribution is 2.23. The summed E-state index contributed by atoms with van der Waals surface area (Å²) < 4.78 is 10.1. The van der Waals surface area contributed by atoms with Crippen LogP contribution in [0.2, 0.25) is 0 Å². The van der Waals surface area contributed by atoms with Crippen LogP contribution in [0.25, 0.3) is 0 Å². The van der Waals surface area contributed by atoms with Crippen LogP contribution in [0.4, 0.5) is 0 Å². The molecule has 2 atom stereocenters. The zero-order chi connectivity index (χ0) is 16.7. The predicted molar refractivity (Wildman–Crippen MR) is 87.2 cm³/mol. The molecule has 5 nitrogen and oxygen atoms in total. The Morgan fingerprint density at radius 2 is 1.87 bits per heavy atom. The molecule has 1 amide bonds. The lowest BCUT2D eigenvalue weighted by molar-refractivity contribution is -0.148. The molecule has 0 spiro atoms. The van der Waals surface area contributed by atoms with Crippen molar-refractivity contribution in [2.45, 2.75) is 45.1 Å². The molecule has 126 valence electrons. The Morgan fingerprint density at radius 1 is 1.17 bits per heavy atom. The van der Waals surface area contributed by atoms with E-state index >= 15 is 0 Å². The van der Waals surface area contributed by atoms with Crippen LogP contribution in [0, 0.1) is 5.92 Å². The van der Waals surface area contributed by atoms with Gasteiger partial charge in [-0.25, -0.2) is 0 Å². The maximum absolute atomic E-state index is 11.9. The summed E-state index contributed by atoms with van der Waals surface area (Å²) in [6, 6.07) is 7.41. The highest BCUT2D eigenvalue weighted by atomic mass is 16.5. The molecule has 0 unspecified atom stereocenters. The third-order valence-corrected chi connectivity index (χ3v) is 4.33. The number of nitrogens with one attached hydrogen (secondary N) is 1. The topological polar surface area (TPSA) is 64.6 Å². The van der Waals surface area contributed by atoms with Gasteiger partial charge in [-0.15, -0.1) is 0 Å². The van der Waals surface area contributed by atoms with Crippen LogP contribution in [-0.2, 0) is 20.7 Å². The fourth-order valence-corrected chi connectivity index (χ4v) is 2.89. The number of methoxy groups -OCH3 is 1. The second-order valence-electron chi connectivity index (χ2n) is 6.12. The number of rotatable bonds is 6. The van der Waals surface area contributed by atoms with Gasteiger partial charge in [0.05, 0.1) is 13.5 Å². The van der Waals surface area contributed by atoms with Gasteiger partial charge in [0, 0.05) is 6.04 Å². The lowest BCUT2D eigenvalue weighted by Gasteiger charge is -2.29. The number of carbonyl (C=O) groups is 2. The van der Waals surface area contributed by atoms with Crippen LogP contribution < -0.4 is 10.1 Å². The summed E-state index contributed by atoms with van der Waals surface area (Å²) in [4.78, 5) is 23.7. The van der Waals surface area contributed by atoms with Gasteiger partial charge in [-0.3, -0.25) is 9.59 Å². The fraction of sp³-hybridized carbons (Fsp3) is 0.556. The molecule has 1 aliphatic carbocycles. The van der Waals surface area contributed by atoms with Gasteiger partial charge in [-0.2, -0.15) is 0 Å². The molecule has 0 bridgehead atoms. The third-order valence-electron chi connectivity index (χ3n) is 4.33. The molecular weight excluding hydrogens is 294 g/mol. The predicted octanol–water partition coefficient (Wildman–Crippen LogP) is 2.48. The molecule has 0 saturated heterocycles. The smallest absolute Gasteiger partial charge is 0.310 e. The third kappa shape index (κ3) is 5.58. The van der Waals surface area contributed by atoms with Crippen molar-refractivity contribution in [2.24, 2.45) is 5.92 Å².